The van der Waals surface area contributed by atoms with Crippen molar-refractivity contribution in [1.29, 1.82) is 0 Å². The summed E-state index contributed by atoms with van der Waals surface area (Å²) in [4.78, 5) is 0. The lowest BCUT2D eigenvalue weighted by atomic mass is 10.5. The Morgan fingerprint density at radius 3 is 1.82 bits per heavy atom. The minimum Gasteiger partial charge on any atom is -0.485 e. The first-order chi connectivity index (χ1) is 4.89. The lowest BCUT2D eigenvalue weighted by Gasteiger charge is -2.09. The Kier molecular flexibility index (Phi) is 3.28. The highest BCUT2D eigenvalue weighted by molar-refractivity contribution is 5.00. The van der Waals surface area contributed by atoms with Gasteiger partial charge in [-0.05, 0) is 6.92 Å². The van der Waals surface area contributed by atoms with E-state index in [1.807, 2.05) is 0 Å². The van der Waals surface area contributed by atoms with Crippen LogP contribution in [0.5, 0.6) is 0 Å². The van der Waals surface area contributed by atoms with Crippen molar-refractivity contribution in [2.75, 3.05) is 6.61 Å². The molecule has 0 aliphatic carbocycles. The molecule has 0 rings (SSSR count). The molecule has 0 aliphatic rings. The van der Waals surface area contributed by atoms with E-state index in [0.717, 1.165) is 0 Å². The van der Waals surface area contributed by atoms with Crippen molar-refractivity contribution in [2.24, 2.45) is 0 Å². The van der Waals surface area contributed by atoms with Crippen molar-refractivity contribution < 1.29 is 26.7 Å². The fraction of sp³-hybridized carbons (Fsp3) is 0.600. The van der Waals surface area contributed by atoms with E-state index < -0.39 is 24.6 Å². The predicted octanol–water partition coefficient (Wildman–Crippen LogP) is 2.69. The summed E-state index contributed by atoms with van der Waals surface area (Å²) >= 11 is 0. The van der Waals surface area contributed by atoms with Crippen LogP contribution in [0.3, 0.4) is 0 Å². The van der Waals surface area contributed by atoms with Gasteiger partial charge in [-0.2, -0.15) is 22.0 Å². The van der Waals surface area contributed by atoms with E-state index in [1.165, 1.54) is 6.92 Å². The molecule has 0 spiro atoms. The van der Waals surface area contributed by atoms with Gasteiger partial charge >= 0.3 is 12.3 Å². The molecule has 0 aliphatic heterocycles. The van der Waals surface area contributed by atoms with Gasteiger partial charge in [-0.3, -0.25) is 0 Å². The van der Waals surface area contributed by atoms with Gasteiger partial charge in [-0.1, -0.05) is 0 Å². The van der Waals surface area contributed by atoms with Crippen LogP contribution in [0.25, 0.3) is 0 Å². The molecule has 1 nitrogen and oxygen atoms in total. The number of allylic oxidation sites excluding steroid dienone is 1. The first-order valence-electron chi connectivity index (χ1n) is 2.64. The van der Waals surface area contributed by atoms with Gasteiger partial charge in [0.15, 0.2) is 0 Å². The molecule has 0 unspecified atom stereocenters. The molecule has 0 saturated carbocycles. The first kappa shape index (κ1) is 10.2. The van der Waals surface area contributed by atoms with Crippen molar-refractivity contribution in [3.8, 4) is 0 Å². The van der Waals surface area contributed by atoms with Crippen LogP contribution in [0, 0.1) is 0 Å². The summed E-state index contributed by atoms with van der Waals surface area (Å²) in [6.45, 7) is 0.751. The molecule has 0 amide bonds. The third-order valence-corrected chi connectivity index (χ3v) is 0.718. The molecule has 0 aromatic rings. The van der Waals surface area contributed by atoms with Gasteiger partial charge in [0.25, 0.3) is 5.76 Å². The summed E-state index contributed by atoms with van der Waals surface area (Å²) in [5, 5.41) is 0. The SMILES string of the molecule is CCOC(=C(F)F)C(F)(F)F. The Balaban J connectivity index is 4.50. The third kappa shape index (κ3) is 3.20. The van der Waals surface area contributed by atoms with Gasteiger partial charge in [0.1, 0.15) is 0 Å². The number of alkyl halides is 3. The molecule has 0 saturated heterocycles. The highest BCUT2D eigenvalue weighted by atomic mass is 19.4. The Hall–Kier alpha value is -0.810. The second kappa shape index (κ2) is 3.54. The van der Waals surface area contributed by atoms with Crippen LogP contribution in [0.15, 0.2) is 11.8 Å². The van der Waals surface area contributed by atoms with Crippen molar-refractivity contribution in [2.45, 2.75) is 13.1 Å². The van der Waals surface area contributed by atoms with Gasteiger partial charge in [-0.25, -0.2) is 0 Å². The average molecular weight is 176 g/mol. The molecule has 0 radical (unpaired) electrons. The fourth-order valence-electron chi connectivity index (χ4n) is 0.388. The van der Waals surface area contributed by atoms with Crippen molar-refractivity contribution in [1.82, 2.24) is 0 Å². The number of rotatable bonds is 2. The highest BCUT2D eigenvalue weighted by Crippen LogP contribution is 2.29. The molecular weight excluding hydrogens is 171 g/mol. The monoisotopic (exact) mass is 176 g/mol. The molecule has 11 heavy (non-hydrogen) atoms. The maximum Gasteiger partial charge on any atom is 0.454 e. The molecule has 0 N–H and O–H groups in total. The van der Waals surface area contributed by atoms with E-state index in [-0.39, 0.29) is 0 Å². The van der Waals surface area contributed by atoms with Crippen molar-refractivity contribution in [3.05, 3.63) is 11.8 Å². The van der Waals surface area contributed by atoms with Gasteiger partial charge < -0.3 is 4.74 Å². The zero-order valence-electron chi connectivity index (χ0n) is 5.51. The normalized spacial score (nSPS) is 11.1. The van der Waals surface area contributed by atoms with Crippen molar-refractivity contribution in [3.63, 3.8) is 0 Å². The van der Waals surface area contributed by atoms with Crippen molar-refractivity contribution >= 4 is 0 Å². The molecular formula is C5H5F5O. The molecule has 66 valence electrons. The minimum atomic E-state index is -5.10. The fourth-order valence-corrected chi connectivity index (χ4v) is 0.388. The lowest BCUT2D eigenvalue weighted by molar-refractivity contribution is -0.135. The summed E-state index contributed by atoms with van der Waals surface area (Å²) in [5.41, 5.74) is 0. The number of halogens is 5. The number of ether oxygens (including phenoxy) is 1. The van der Waals surface area contributed by atoms with Gasteiger partial charge in [0.2, 0.25) is 0 Å². The van der Waals surface area contributed by atoms with E-state index in [2.05, 4.69) is 4.74 Å². The topological polar surface area (TPSA) is 9.23 Å². The molecule has 0 bridgehead atoms. The van der Waals surface area contributed by atoms with E-state index in [1.54, 1.807) is 0 Å². The second-order valence-corrected chi connectivity index (χ2v) is 1.52. The largest absolute Gasteiger partial charge is 0.485 e. The predicted molar refractivity (Wildman–Crippen MR) is 26.9 cm³/mol. The summed E-state index contributed by atoms with van der Waals surface area (Å²) in [6.07, 6.45) is -7.95. The van der Waals surface area contributed by atoms with E-state index in [9.17, 15) is 22.0 Å². The summed E-state index contributed by atoms with van der Waals surface area (Å²) in [5.74, 6) is -2.21. The van der Waals surface area contributed by atoms with Gasteiger partial charge in [-0.15, -0.1) is 0 Å². The Bertz CT molecular complexity index is 155. The van der Waals surface area contributed by atoms with Crippen LogP contribution in [0.2, 0.25) is 0 Å². The molecule has 0 aromatic heterocycles. The van der Waals surface area contributed by atoms with Crippen LogP contribution in [-0.4, -0.2) is 12.8 Å². The Morgan fingerprint density at radius 1 is 1.27 bits per heavy atom. The van der Waals surface area contributed by atoms with Gasteiger partial charge in [0, 0.05) is 0 Å². The maximum atomic E-state index is 11.5. The highest BCUT2D eigenvalue weighted by Gasteiger charge is 2.40. The van der Waals surface area contributed by atoms with Crippen LogP contribution < -0.4 is 0 Å². The minimum absolute atomic E-state index is 0.438. The van der Waals surface area contributed by atoms with Crippen LogP contribution in [0.4, 0.5) is 22.0 Å². The van der Waals surface area contributed by atoms with E-state index >= 15 is 0 Å². The molecule has 0 aromatic carbocycles. The van der Waals surface area contributed by atoms with Gasteiger partial charge in [0.05, 0.1) is 6.61 Å². The average Bonchev–Trinajstić information content (AvgIpc) is 1.79. The molecule has 0 fully saturated rings. The first-order valence-corrected chi connectivity index (χ1v) is 2.64. The van der Waals surface area contributed by atoms with Crippen LogP contribution >= 0.6 is 0 Å². The van der Waals surface area contributed by atoms with Crippen LogP contribution in [0.1, 0.15) is 6.92 Å². The molecule has 0 atom stereocenters. The third-order valence-electron chi connectivity index (χ3n) is 0.718. The summed E-state index contributed by atoms with van der Waals surface area (Å²) < 4.78 is 61.0. The standard InChI is InChI=1S/C5H5F5O/c1-2-11-3(4(6)7)5(8,9)10/h2H2,1H3. The maximum absolute atomic E-state index is 11.5. The number of hydrogen-bond acceptors (Lipinski definition) is 1. The zero-order chi connectivity index (χ0) is 9.07. The number of hydrogen-bond donors (Lipinski definition) is 0. The summed E-state index contributed by atoms with van der Waals surface area (Å²) in [7, 11) is 0. The van der Waals surface area contributed by atoms with Crippen LogP contribution in [-0.2, 0) is 4.74 Å². The van der Waals surface area contributed by atoms with E-state index in [4.69, 9.17) is 0 Å². The molecule has 6 heteroatoms. The Morgan fingerprint density at radius 2 is 1.73 bits per heavy atom. The quantitative estimate of drug-likeness (QED) is 0.464. The smallest absolute Gasteiger partial charge is 0.454 e. The summed E-state index contributed by atoms with van der Waals surface area (Å²) in [6, 6.07) is 0. The molecule has 0 heterocycles. The lowest BCUT2D eigenvalue weighted by Crippen LogP contribution is -2.15. The zero-order valence-corrected chi connectivity index (χ0v) is 5.51. The second-order valence-electron chi connectivity index (χ2n) is 1.52. The van der Waals surface area contributed by atoms with E-state index in [0.29, 0.717) is 0 Å². The Labute approximate surface area is 59.5 Å².